The highest BCUT2D eigenvalue weighted by atomic mass is 32.2. The average Bonchev–Trinajstić information content (AvgIpc) is 2.83. The third kappa shape index (κ3) is 2.78. The molecule has 4 nitrogen and oxygen atoms in total. The summed E-state index contributed by atoms with van der Waals surface area (Å²) in [6, 6.07) is 5.32. The number of hydrogen-bond acceptors (Lipinski definition) is 4. The van der Waals surface area contributed by atoms with E-state index >= 15 is 0 Å². The van der Waals surface area contributed by atoms with Crippen LogP contribution >= 0.6 is 0 Å². The van der Waals surface area contributed by atoms with Crippen molar-refractivity contribution >= 4 is 22.2 Å². The lowest BCUT2D eigenvalue weighted by Gasteiger charge is -2.23. The third-order valence-electron chi connectivity index (χ3n) is 3.80. The SMILES string of the molecule is CN1c2ccc(C(F)(F)F)cc2NC1c1ccncc1S(C)=O. The first-order chi connectivity index (χ1) is 10.8. The second-order valence-corrected chi connectivity index (χ2v) is 6.60. The molecule has 1 aromatic carbocycles. The van der Waals surface area contributed by atoms with Crippen molar-refractivity contribution in [2.45, 2.75) is 17.2 Å². The Morgan fingerprint density at radius 2 is 2.04 bits per heavy atom. The van der Waals surface area contributed by atoms with Crippen molar-refractivity contribution in [3.63, 3.8) is 0 Å². The molecule has 0 radical (unpaired) electrons. The number of fused-ring (bicyclic) bond motifs is 1. The summed E-state index contributed by atoms with van der Waals surface area (Å²) in [7, 11) is 0.533. The zero-order valence-electron chi connectivity index (χ0n) is 12.4. The molecule has 8 heteroatoms. The molecular weight excluding hydrogens is 327 g/mol. The van der Waals surface area contributed by atoms with E-state index in [9.17, 15) is 17.4 Å². The van der Waals surface area contributed by atoms with E-state index < -0.39 is 28.7 Å². The molecule has 2 heterocycles. The summed E-state index contributed by atoms with van der Waals surface area (Å²) in [5.41, 5.74) is 1.09. The van der Waals surface area contributed by atoms with E-state index in [0.717, 1.165) is 17.7 Å². The molecule has 0 saturated heterocycles. The average molecular weight is 341 g/mol. The molecule has 2 aromatic rings. The number of nitrogens with zero attached hydrogens (tertiary/aromatic N) is 2. The van der Waals surface area contributed by atoms with Gasteiger partial charge in [0.1, 0.15) is 6.17 Å². The number of halogens is 3. The second-order valence-electron chi connectivity index (χ2n) is 5.26. The fraction of sp³-hybridized carbons (Fsp3) is 0.267. The molecule has 2 atom stereocenters. The minimum atomic E-state index is -4.39. The van der Waals surface area contributed by atoms with Gasteiger partial charge in [0.05, 0.1) is 32.6 Å². The van der Waals surface area contributed by atoms with Crippen molar-refractivity contribution in [2.24, 2.45) is 0 Å². The summed E-state index contributed by atoms with van der Waals surface area (Å²) >= 11 is 0. The maximum atomic E-state index is 12.9. The molecule has 0 fully saturated rings. The summed E-state index contributed by atoms with van der Waals surface area (Å²) in [6.07, 6.45) is -0.142. The Labute approximate surface area is 133 Å². The molecule has 1 aliphatic rings. The number of aromatic nitrogens is 1. The van der Waals surface area contributed by atoms with Crippen molar-refractivity contribution in [1.82, 2.24) is 4.98 Å². The zero-order valence-corrected chi connectivity index (χ0v) is 13.2. The Bertz CT molecular complexity index is 779. The lowest BCUT2D eigenvalue weighted by Crippen LogP contribution is -2.24. The fourth-order valence-corrected chi connectivity index (χ4v) is 3.38. The quantitative estimate of drug-likeness (QED) is 0.909. The maximum Gasteiger partial charge on any atom is 0.416 e. The van der Waals surface area contributed by atoms with E-state index in [2.05, 4.69) is 10.3 Å². The van der Waals surface area contributed by atoms with Crippen LogP contribution < -0.4 is 10.2 Å². The van der Waals surface area contributed by atoms with E-state index in [1.165, 1.54) is 12.3 Å². The van der Waals surface area contributed by atoms with Gasteiger partial charge < -0.3 is 10.2 Å². The lowest BCUT2D eigenvalue weighted by atomic mass is 10.1. The van der Waals surface area contributed by atoms with Gasteiger partial charge in [-0.25, -0.2) is 0 Å². The van der Waals surface area contributed by atoms with Crippen LogP contribution in [0, 0.1) is 0 Å². The van der Waals surface area contributed by atoms with Gasteiger partial charge in [-0.05, 0) is 24.3 Å². The van der Waals surface area contributed by atoms with E-state index in [0.29, 0.717) is 16.3 Å². The highest BCUT2D eigenvalue weighted by Gasteiger charge is 2.35. The highest BCUT2D eigenvalue weighted by Crippen LogP contribution is 2.43. The van der Waals surface area contributed by atoms with Crippen LogP contribution in [-0.2, 0) is 17.0 Å². The van der Waals surface area contributed by atoms with E-state index in [-0.39, 0.29) is 0 Å². The van der Waals surface area contributed by atoms with Crippen molar-refractivity contribution in [1.29, 1.82) is 0 Å². The first-order valence-corrected chi connectivity index (χ1v) is 8.33. The second kappa shape index (κ2) is 5.52. The topological polar surface area (TPSA) is 45.2 Å². The first-order valence-electron chi connectivity index (χ1n) is 6.77. The summed E-state index contributed by atoms with van der Waals surface area (Å²) < 4.78 is 50.4. The highest BCUT2D eigenvalue weighted by molar-refractivity contribution is 7.84. The molecule has 1 aromatic heterocycles. The summed E-state index contributed by atoms with van der Waals surface area (Å²) in [4.78, 5) is 6.35. The number of pyridine rings is 1. The number of rotatable bonds is 2. The molecule has 122 valence electrons. The Hall–Kier alpha value is -2.09. The van der Waals surface area contributed by atoms with Crippen LogP contribution in [0.5, 0.6) is 0 Å². The van der Waals surface area contributed by atoms with E-state index in [1.807, 2.05) is 4.90 Å². The van der Waals surface area contributed by atoms with Gasteiger partial charge in [0, 0.05) is 31.3 Å². The Kier molecular flexibility index (Phi) is 3.79. The van der Waals surface area contributed by atoms with Crippen LogP contribution in [-0.4, -0.2) is 22.5 Å². The molecule has 1 aliphatic heterocycles. The monoisotopic (exact) mass is 341 g/mol. The van der Waals surface area contributed by atoms with Crippen LogP contribution in [0.1, 0.15) is 17.3 Å². The fourth-order valence-electron chi connectivity index (χ4n) is 2.66. The number of hydrogen-bond donors (Lipinski definition) is 1. The van der Waals surface area contributed by atoms with Crippen LogP contribution in [0.25, 0.3) is 0 Å². The minimum absolute atomic E-state index is 0.393. The summed E-state index contributed by atoms with van der Waals surface area (Å²) in [6.45, 7) is 0. The standard InChI is InChI=1S/C15H14F3N3OS/c1-21-12-4-3-9(15(16,17)18)7-11(12)20-14(21)10-5-6-19-8-13(10)23(2)22/h3-8,14,20H,1-2H3. The van der Waals surface area contributed by atoms with Gasteiger partial charge in [0.15, 0.2) is 0 Å². The molecular formula is C15H14F3N3OS. The predicted octanol–water partition coefficient (Wildman–Crippen LogP) is 3.40. The van der Waals surface area contributed by atoms with Crippen LogP contribution in [0.4, 0.5) is 24.5 Å². The molecule has 0 aliphatic carbocycles. The van der Waals surface area contributed by atoms with Crippen LogP contribution in [0.15, 0.2) is 41.6 Å². The first kappa shape index (κ1) is 15.8. The number of nitrogens with one attached hydrogen (secondary N) is 1. The van der Waals surface area contributed by atoms with Crippen molar-refractivity contribution in [3.8, 4) is 0 Å². The van der Waals surface area contributed by atoms with Crippen molar-refractivity contribution in [2.75, 3.05) is 23.5 Å². The third-order valence-corrected chi connectivity index (χ3v) is 4.76. The molecule has 0 saturated carbocycles. The smallest absolute Gasteiger partial charge is 0.360 e. The normalized spacial score (nSPS) is 18.5. The van der Waals surface area contributed by atoms with E-state index in [4.69, 9.17) is 0 Å². The van der Waals surface area contributed by atoms with Gasteiger partial charge >= 0.3 is 6.18 Å². The molecule has 23 heavy (non-hydrogen) atoms. The molecule has 0 amide bonds. The van der Waals surface area contributed by atoms with Gasteiger partial charge in [-0.1, -0.05) is 0 Å². The van der Waals surface area contributed by atoms with Gasteiger partial charge in [-0.2, -0.15) is 13.2 Å². The molecule has 1 N–H and O–H groups in total. The van der Waals surface area contributed by atoms with Gasteiger partial charge in [0.2, 0.25) is 0 Å². The van der Waals surface area contributed by atoms with Crippen LogP contribution in [0.2, 0.25) is 0 Å². The zero-order chi connectivity index (χ0) is 16.8. The van der Waals surface area contributed by atoms with Crippen molar-refractivity contribution < 1.29 is 17.4 Å². The largest absolute Gasteiger partial charge is 0.416 e. The molecule has 2 unspecified atom stereocenters. The van der Waals surface area contributed by atoms with Crippen molar-refractivity contribution in [3.05, 3.63) is 47.8 Å². The Balaban J connectivity index is 2.01. The van der Waals surface area contributed by atoms with Gasteiger partial charge in [0.25, 0.3) is 0 Å². The lowest BCUT2D eigenvalue weighted by molar-refractivity contribution is -0.137. The predicted molar refractivity (Wildman–Crippen MR) is 82.8 cm³/mol. The minimum Gasteiger partial charge on any atom is -0.360 e. The molecule has 0 bridgehead atoms. The Morgan fingerprint density at radius 3 is 2.70 bits per heavy atom. The summed E-state index contributed by atoms with van der Waals surface area (Å²) in [5.74, 6) is 0. The number of alkyl halides is 3. The maximum absolute atomic E-state index is 12.9. The Morgan fingerprint density at radius 1 is 1.30 bits per heavy atom. The van der Waals surface area contributed by atoms with E-state index in [1.54, 1.807) is 25.6 Å². The molecule has 0 spiro atoms. The summed E-state index contributed by atoms with van der Waals surface area (Å²) in [5, 5.41) is 3.07. The molecule has 3 rings (SSSR count). The van der Waals surface area contributed by atoms with Gasteiger partial charge in [-0.15, -0.1) is 0 Å². The van der Waals surface area contributed by atoms with Crippen LogP contribution in [0.3, 0.4) is 0 Å². The van der Waals surface area contributed by atoms with Gasteiger partial charge in [-0.3, -0.25) is 9.19 Å². The number of anilines is 2. The number of benzene rings is 1.